The Balaban J connectivity index is 1.63. The topological polar surface area (TPSA) is 80.3 Å². The third-order valence-electron chi connectivity index (χ3n) is 3.54. The zero-order chi connectivity index (χ0) is 19.1. The second-order valence-corrected chi connectivity index (χ2v) is 5.94. The van der Waals surface area contributed by atoms with Crippen molar-refractivity contribution in [3.8, 4) is 5.75 Å². The molecule has 3 aromatic rings. The fourth-order valence-corrected chi connectivity index (χ4v) is 2.40. The van der Waals surface area contributed by atoms with Crippen molar-refractivity contribution in [2.45, 2.75) is 0 Å². The number of para-hydroxylation sites is 1. The Morgan fingerprint density at radius 1 is 0.926 bits per heavy atom. The molecule has 0 aliphatic heterocycles. The maximum absolute atomic E-state index is 12.5. The third-order valence-corrected chi connectivity index (χ3v) is 3.79. The third kappa shape index (κ3) is 5.29. The van der Waals surface area contributed by atoms with E-state index in [4.69, 9.17) is 16.3 Å². The molecule has 7 heteroatoms. The Kier molecular flexibility index (Phi) is 6.02. The summed E-state index contributed by atoms with van der Waals surface area (Å²) in [6.07, 6.45) is 1.58. The minimum absolute atomic E-state index is 0.197. The van der Waals surface area contributed by atoms with Gasteiger partial charge in [-0.1, -0.05) is 29.8 Å². The van der Waals surface area contributed by atoms with Crippen molar-refractivity contribution in [1.82, 2.24) is 4.98 Å². The molecule has 27 heavy (non-hydrogen) atoms. The van der Waals surface area contributed by atoms with E-state index in [9.17, 15) is 9.59 Å². The van der Waals surface area contributed by atoms with Crippen LogP contribution in [-0.4, -0.2) is 23.4 Å². The van der Waals surface area contributed by atoms with Gasteiger partial charge in [0.2, 0.25) is 0 Å². The van der Waals surface area contributed by atoms with Gasteiger partial charge < -0.3 is 15.4 Å². The average Bonchev–Trinajstić information content (AvgIpc) is 2.69. The van der Waals surface area contributed by atoms with E-state index in [0.717, 1.165) is 0 Å². The van der Waals surface area contributed by atoms with Crippen molar-refractivity contribution in [2.75, 3.05) is 17.2 Å². The monoisotopic (exact) mass is 381 g/mol. The van der Waals surface area contributed by atoms with Crippen LogP contribution in [0.1, 0.15) is 10.4 Å². The van der Waals surface area contributed by atoms with E-state index in [0.29, 0.717) is 27.8 Å². The van der Waals surface area contributed by atoms with Crippen LogP contribution < -0.4 is 15.4 Å². The van der Waals surface area contributed by atoms with E-state index in [1.807, 2.05) is 0 Å². The summed E-state index contributed by atoms with van der Waals surface area (Å²) < 4.78 is 5.41. The van der Waals surface area contributed by atoms with Gasteiger partial charge in [-0.2, -0.15) is 0 Å². The van der Waals surface area contributed by atoms with Gasteiger partial charge in [0.25, 0.3) is 11.8 Å². The number of halogens is 1. The summed E-state index contributed by atoms with van der Waals surface area (Å²) in [5, 5.41) is 5.96. The second kappa shape index (κ2) is 8.82. The molecule has 0 saturated heterocycles. The summed E-state index contributed by atoms with van der Waals surface area (Å²) in [5.74, 6) is 0.191. The fraction of sp³-hybridized carbons (Fsp3) is 0.0500. The number of carbonyl (C=O) groups is 2. The van der Waals surface area contributed by atoms with Gasteiger partial charge in [-0.3, -0.25) is 9.59 Å². The highest BCUT2D eigenvalue weighted by Gasteiger charge is 2.14. The van der Waals surface area contributed by atoms with E-state index in [1.54, 1.807) is 72.9 Å². The van der Waals surface area contributed by atoms with E-state index in [1.165, 1.54) is 0 Å². The number of amides is 2. The maximum atomic E-state index is 12.5. The van der Waals surface area contributed by atoms with Crippen LogP contribution in [0.2, 0.25) is 5.02 Å². The molecule has 0 saturated carbocycles. The van der Waals surface area contributed by atoms with Crippen LogP contribution in [0.4, 0.5) is 11.5 Å². The first-order valence-electron chi connectivity index (χ1n) is 8.11. The van der Waals surface area contributed by atoms with Crippen LogP contribution >= 0.6 is 11.6 Å². The Hall–Kier alpha value is -3.38. The van der Waals surface area contributed by atoms with Gasteiger partial charge >= 0.3 is 0 Å². The minimum atomic E-state index is -0.386. The minimum Gasteiger partial charge on any atom is -0.484 e. The molecule has 6 nitrogen and oxygen atoms in total. The molecule has 1 heterocycles. The summed E-state index contributed by atoms with van der Waals surface area (Å²) in [7, 11) is 0. The number of carbonyl (C=O) groups excluding carboxylic acids is 2. The van der Waals surface area contributed by atoms with Crippen molar-refractivity contribution in [2.24, 2.45) is 0 Å². The predicted molar refractivity (Wildman–Crippen MR) is 104 cm³/mol. The zero-order valence-electron chi connectivity index (χ0n) is 14.2. The molecule has 1 aromatic heterocycles. The van der Waals surface area contributed by atoms with E-state index >= 15 is 0 Å². The molecule has 2 aromatic carbocycles. The van der Waals surface area contributed by atoms with Gasteiger partial charge in [0.1, 0.15) is 11.6 Å². The summed E-state index contributed by atoms with van der Waals surface area (Å²) in [6.45, 7) is -0.197. The number of benzene rings is 2. The molecule has 2 N–H and O–H groups in total. The average molecular weight is 382 g/mol. The summed E-state index contributed by atoms with van der Waals surface area (Å²) >= 11 is 5.81. The molecule has 3 rings (SSSR count). The van der Waals surface area contributed by atoms with Crippen LogP contribution in [0, 0.1) is 0 Å². The smallest absolute Gasteiger partial charge is 0.262 e. The fourth-order valence-electron chi connectivity index (χ4n) is 2.28. The maximum Gasteiger partial charge on any atom is 0.262 e. The molecule has 0 atom stereocenters. The predicted octanol–water partition coefficient (Wildman–Crippen LogP) is 4.00. The highest BCUT2D eigenvalue weighted by Crippen LogP contribution is 2.18. The Morgan fingerprint density at radius 2 is 1.67 bits per heavy atom. The number of anilines is 2. The Morgan fingerprint density at radius 3 is 2.41 bits per heavy atom. The number of nitrogens with zero attached hydrogens (tertiary/aromatic N) is 1. The van der Waals surface area contributed by atoms with Gasteiger partial charge in [0.05, 0.1) is 11.3 Å². The number of hydrogen-bond acceptors (Lipinski definition) is 4. The summed E-state index contributed by atoms with van der Waals surface area (Å²) in [4.78, 5) is 28.7. The SMILES string of the molecule is O=C(COc1ccc(Cl)cc1)Nc1ccccc1C(=O)Nc1ccccn1. The normalized spacial score (nSPS) is 10.1. The van der Waals surface area contributed by atoms with Crippen molar-refractivity contribution in [1.29, 1.82) is 0 Å². The lowest BCUT2D eigenvalue weighted by Gasteiger charge is -2.12. The van der Waals surface area contributed by atoms with Crippen molar-refractivity contribution in [3.05, 3.63) is 83.5 Å². The van der Waals surface area contributed by atoms with Crippen LogP contribution in [0.5, 0.6) is 5.75 Å². The van der Waals surface area contributed by atoms with Gasteiger partial charge in [-0.25, -0.2) is 4.98 Å². The van der Waals surface area contributed by atoms with Gasteiger partial charge in [-0.05, 0) is 48.5 Å². The largest absolute Gasteiger partial charge is 0.484 e. The molecule has 0 bridgehead atoms. The molecular formula is C20H16ClN3O3. The van der Waals surface area contributed by atoms with Gasteiger partial charge in [0, 0.05) is 11.2 Å². The lowest BCUT2D eigenvalue weighted by molar-refractivity contribution is -0.118. The van der Waals surface area contributed by atoms with E-state index in [-0.39, 0.29) is 18.4 Å². The molecule has 136 valence electrons. The molecular weight excluding hydrogens is 366 g/mol. The Bertz CT molecular complexity index is 931. The molecule has 0 radical (unpaired) electrons. The van der Waals surface area contributed by atoms with Crippen molar-refractivity contribution >= 4 is 34.9 Å². The quantitative estimate of drug-likeness (QED) is 0.676. The first-order chi connectivity index (χ1) is 13.1. The van der Waals surface area contributed by atoms with E-state index in [2.05, 4.69) is 15.6 Å². The van der Waals surface area contributed by atoms with Crippen LogP contribution in [-0.2, 0) is 4.79 Å². The van der Waals surface area contributed by atoms with Gasteiger partial charge in [0.15, 0.2) is 6.61 Å². The first kappa shape index (κ1) is 18.4. The number of aromatic nitrogens is 1. The standard InChI is InChI=1S/C20H16ClN3O3/c21-14-8-10-15(11-9-14)27-13-19(25)23-17-6-2-1-5-16(17)20(26)24-18-7-3-4-12-22-18/h1-12H,13H2,(H,23,25)(H,22,24,26). The molecule has 0 spiro atoms. The lowest BCUT2D eigenvalue weighted by atomic mass is 10.1. The molecule has 2 amide bonds. The van der Waals surface area contributed by atoms with Crippen LogP contribution in [0.3, 0.4) is 0 Å². The van der Waals surface area contributed by atoms with Crippen molar-refractivity contribution < 1.29 is 14.3 Å². The summed E-state index contributed by atoms with van der Waals surface area (Å²) in [6, 6.07) is 18.6. The number of hydrogen-bond donors (Lipinski definition) is 2. The molecule has 0 aliphatic carbocycles. The molecule has 0 fully saturated rings. The Labute approximate surface area is 161 Å². The number of ether oxygens (including phenoxy) is 1. The van der Waals surface area contributed by atoms with E-state index < -0.39 is 0 Å². The lowest BCUT2D eigenvalue weighted by Crippen LogP contribution is -2.23. The highest BCUT2D eigenvalue weighted by atomic mass is 35.5. The number of nitrogens with one attached hydrogen (secondary N) is 2. The van der Waals surface area contributed by atoms with Crippen LogP contribution in [0.15, 0.2) is 72.9 Å². The second-order valence-electron chi connectivity index (χ2n) is 5.51. The van der Waals surface area contributed by atoms with Gasteiger partial charge in [-0.15, -0.1) is 0 Å². The number of pyridine rings is 1. The summed E-state index contributed by atoms with van der Waals surface area (Å²) in [5.41, 5.74) is 0.707. The zero-order valence-corrected chi connectivity index (χ0v) is 14.9. The molecule has 0 unspecified atom stereocenters. The van der Waals surface area contributed by atoms with Crippen molar-refractivity contribution in [3.63, 3.8) is 0 Å². The van der Waals surface area contributed by atoms with Crippen LogP contribution in [0.25, 0.3) is 0 Å². The molecule has 0 aliphatic rings. The number of rotatable bonds is 6. The first-order valence-corrected chi connectivity index (χ1v) is 8.49. The highest BCUT2D eigenvalue weighted by molar-refractivity contribution is 6.30.